The number of phenols is 2. The first-order chi connectivity index (χ1) is 11.9. The number of aromatic carboxylic acids is 1. The van der Waals surface area contributed by atoms with Crippen molar-refractivity contribution < 1.29 is 20.1 Å². The van der Waals surface area contributed by atoms with Gasteiger partial charge in [-0.3, -0.25) is 0 Å². The number of carbonyl (C=O) groups is 1. The zero-order valence-electron chi connectivity index (χ0n) is 15.8. The second-order valence-corrected chi connectivity index (χ2v) is 9.45. The third kappa shape index (κ3) is 4.73. The lowest BCUT2D eigenvalue weighted by atomic mass is 9.72. The van der Waals surface area contributed by atoms with E-state index in [0.29, 0.717) is 15.4 Å². The average molecular weight is 375 g/mol. The van der Waals surface area contributed by atoms with Crippen molar-refractivity contribution in [3.8, 4) is 11.5 Å². The Labute approximate surface area is 158 Å². The Morgan fingerprint density at radius 3 is 2.15 bits per heavy atom. The molecule has 0 saturated heterocycles. The normalized spacial score (nSPS) is 12.2. The lowest BCUT2D eigenvalue weighted by molar-refractivity contribution is 0.0693. The molecule has 0 aliphatic heterocycles. The van der Waals surface area contributed by atoms with Crippen LogP contribution in [0.1, 0.15) is 57.0 Å². The van der Waals surface area contributed by atoms with Crippen LogP contribution in [-0.2, 0) is 5.41 Å². The molecule has 0 aliphatic carbocycles. The van der Waals surface area contributed by atoms with Crippen LogP contribution in [0.25, 0.3) is 0 Å². The van der Waals surface area contributed by atoms with Gasteiger partial charge in [0, 0.05) is 10.5 Å². The zero-order valence-corrected chi connectivity index (χ0v) is 16.6. The lowest BCUT2D eigenvalue weighted by Crippen LogP contribution is -2.24. The second-order valence-electron chi connectivity index (χ2n) is 8.36. The minimum absolute atomic E-state index is 0.0324. The van der Waals surface area contributed by atoms with Crippen molar-refractivity contribution in [3.05, 3.63) is 47.5 Å². The molecule has 26 heavy (non-hydrogen) atoms. The Morgan fingerprint density at radius 1 is 0.962 bits per heavy atom. The van der Waals surface area contributed by atoms with E-state index in [1.54, 1.807) is 24.3 Å². The molecule has 0 heterocycles. The van der Waals surface area contributed by atoms with E-state index in [0.717, 1.165) is 18.2 Å². The highest BCUT2D eigenvalue weighted by Gasteiger charge is 2.30. The molecule has 0 amide bonds. The third-order valence-electron chi connectivity index (χ3n) is 4.12. The highest BCUT2D eigenvalue weighted by Crippen LogP contribution is 2.45. The molecule has 0 atom stereocenters. The molecule has 0 fully saturated rings. The molecule has 5 heteroatoms. The highest BCUT2D eigenvalue weighted by atomic mass is 32.2. The average Bonchev–Trinajstić information content (AvgIpc) is 2.48. The largest absolute Gasteiger partial charge is 0.508 e. The van der Waals surface area contributed by atoms with Gasteiger partial charge in [-0.1, -0.05) is 58.5 Å². The first kappa shape index (κ1) is 20.2. The maximum Gasteiger partial charge on any atom is 0.336 e. The van der Waals surface area contributed by atoms with Crippen LogP contribution in [0.5, 0.6) is 11.5 Å². The number of rotatable bonds is 5. The number of carboxylic acids is 1. The highest BCUT2D eigenvalue weighted by molar-refractivity contribution is 7.99. The van der Waals surface area contributed by atoms with Gasteiger partial charge < -0.3 is 15.3 Å². The van der Waals surface area contributed by atoms with Crippen LogP contribution in [0.4, 0.5) is 0 Å². The van der Waals surface area contributed by atoms with Gasteiger partial charge in [0.15, 0.2) is 0 Å². The monoisotopic (exact) mass is 374 g/mol. The van der Waals surface area contributed by atoms with Gasteiger partial charge in [-0.2, -0.15) is 0 Å². The van der Waals surface area contributed by atoms with Gasteiger partial charge in [0.1, 0.15) is 11.5 Å². The summed E-state index contributed by atoms with van der Waals surface area (Å²) in [6.45, 7) is 10.5. The van der Waals surface area contributed by atoms with Gasteiger partial charge in [-0.25, -0.2) is 4.79 Å². The molecule has 0 unspecified atom stereocenters. The molecule has 140 valence electrons. The first-order valence-corrected chi connectivity index (χ1v) is 9.29. The summed E-state index contributed by atoms with van der Waals surface area (Å²) in [5, 5.41) is 30.4. The van der Waals surface area contributed by atoms with Crippen LogP contribution in [-0.4, -0.2) is 21.3 Å². The van der Waals surface area contributed by atoms with Crippen LogP contribution < -0.4 is 0 Å². The topological polar surface area (TPSA) is 77.8 Å². The van der Waals surface area contributed by atoms with E-state index in [-0.39, 0.29) is 27.9 Å². The fourth-order valence-corrected chi connectivity index (χ4v) is 4.44. The van der Waals surface area contributed by atoms with E-state index >= 15 is 0 Å². The summed E-state index contributed by atoms with van der Waals surface area (Å²) in [7, 11) is 0. The van der Waals surface area contributed by atoms with Crippen molar-refractivity contribution in [1.29, 1.82) is 0 Å². The zero-order chi connectivity index (χ0) is 19.7. The Morgan fingerprint density at radius 2 is 1.58 bits per heavy atom. The summed E-state index contributed by atoms with van der Waals surface area (Å²) in [5.41, 5.74) is 0.593. The summed E-state index contributed by atoms with van der Waals surface area (Å²) in [5.74, 6) is -0.892. The summed E-state index contributed by atoms with van der Waals surface area (Å²) >= 11 is 1.12. The van der Waals surface area contributed by atoms with Crippen LogP contribution >= 0.6 is 11.8 Å². The van der Waals surface area contributed by atoms with Gasteiger partial charge in [0.2, 0.25) is 0 Å². The minimum Gasteiger partial charge on any atom is -0.508 e. The van der Waals surface area contributed by atoms with E-state index in [1.807, 2.05) is 13.8 Å². The van der Waals surface area contributed by atoms with E-state index in [4.69, 9.17) is 0 Å². The molecule has 3 N–H and O–H groups in total. The Kier molecular flexibility index (Phi) is 5.61. The van der Waals surface area contributed by atoms with E-state index < -0.39 is 5.97 Å². The van der Waals surface area contributed by atoms with Gasteiger partial charge in [0.05, 0.1) is 10.5 Å². The van der Waals surface area contributed by atoms with E-state index in [2.05, 4.69) is 20.8 Å². The maximum atomic E-state index is 11.4. The predicted octanol–water partition coefficient (Wildman–Crippen LogP) is 5.66. The first-order valence-electron chi connectivity index (χ1n) is 8.47. The molecule has 0 spiro atoms. The molecule has 0 saturated carbocycles. The number of benzene rings is 2. The summed E-state index contributed by atoms with van der Waals surface area (Å²) in [6.07, 6.45) is 0.835. The summed E-state index contributed by atoms with van der Waals surface area (Å²) in [4.78, 5) is 12.3. The number of hydrogen-bond acceptors (Lipinski definition) is 4. The van der Waals surface area contributed by atoms with Crippen molar-refractivity contribution in [2.24, 2.45) is 5.41 Å². The standard InChI is InChI=1S/C21H26O4S/c1-20(2,3)12-21(4,5)14-10-16(23)18(11-15(14)22)26-17-9-7-6-8-13(17)19(24)25/h6-11,22-23H,12H2,1-5H3,(H,24,25). The molecule has 0 aliphatic rings. The van der Waals surface area contributed by atoms with Gasteiger partial charge in [-0.15, -0.1) is 0 Å². The fraction of sp³-hybridized carbons (Fsp3) is 0.381. The molecule has 2 rings (SSSR count). The summed E-state index contributed by atoms with van der Waals surface area (Å²) in [6, 6.07) is 9.70. The van der Waals surface area contributed by atoms with Crippen LogP contribution in [0.2, 0.25) is 0 Å². The second kappa shape index (κ2) is 7.23. The number of phenolic OH excluding ortho intramolecular Hbond substituents is 2. The van der Waals surface area contributed by atoms with E-state index in [1.165, 1.54) is 12.1 Å². The van der Waals surface area contributed by atoms with Crippen molar-refractivity contribution in [1.82, 2.24) is 0 Å². The smallest absolute Gasteiger partial charge is 0.336 e. The maximum absolute atomic E-state index is 11.4. The Hall–Kier alpha value is -2.14. The molecule has 4 nitrogen and oxygen atoms in total. The van der Waals surface area contributed by atoms with Crippen LogP contribution in [0.3, 0.4) is 0 Å². The fourth-order valence-electron chi connectivity index (χ4n) is 3.45. The molecular weight excluding hydrogens is 348 g/mol. The molecule has 2 aromatic carbocycles. The molecule has 0 bridgehead atoms. The van der Waals surface area contributed by atoms with Crippen molar-refractivity contribution in [2.75, 3.05) is 0 Å². The van der Waals surface area contributed by atoms with Crippen molar-refractivity contribution in [3.63, 3.8) is 0 Å². The van der Waals surface area contributed by atoms with Gasteiger partial charge >= 0.3 is 5.97 Å². The number of hydrogen-bond donors (Lipinski definition) is 3. The quantitative estimate of drug-likeness (QED) is 0.589. The Bertz CT molecular complexity index is 819. The summed E-state index contributed by atoms with van der Waals surface area (Å²) < 4.78 is 0. The van der Waals surface area contributed by atoms with Crippen molar-refractivity contribution in [2.45, 2.75) is 56.2 Å². The predicted molar refractivity (Wildman–Crippen MR) is 104 cm³/mol. The molecule has 0 aromatic heterocycles. The number of carboxylic acid groups (broad SMARTS) is 1. The lowest BCUT2D eigenvalue weighted by Gasteiger charge is -2.33. The number of aromatic hydroxyl groups is 2. The van der Waals surface area contributed by atoms with Crippen molar-refractivity contribution >= 4 is 17.7 Å². The van der Waals surface area contributed by atoms with Crippen LogP contribution in [0.15, 0.2) is 46.2 Å². The third-order valence-corrected chi connectivity index (χ3v) is 5.24. The molecule has 2 aromatic rings. The Balaban J connectivity index is 2.41. The van der Waals surface area contributed by atoms with Gasteiger partial charge in [0.25, 0.3) is 0 Å². The van der Waals surface area contributed by atoms with Crippen LogP contribution in [0, 0.1) is 5.41 Å². The molecular formula is C21H26O4S. The minimum atomic E-state index is -1.03. The SMILES string of the molecule is CC(C)(C)CC(C)(C)c1cc(O)c(Sc2ccccc2C(=O)O)cc1O. The molecule has 0 radical (unpaired) electrons. The van der Waals surface area contributed by atoms with Gasteiger partial charge in [-0.05, 0) is 41.5 Å². The van der Waals surface area contributed by atoms with E-state index in [9.17, 15) is 20.1 Å².